The molecule has 24 heavy (non-hydrogen) atoms. The van der Waals surface area contributed by atoms with E-state index in [2.05, 4.69) is 9.98 Å². The Balaban J connectivity index is 1.97. The van der Waals surface area contributed by atoms with Crippen LogP contribution in [-0.2, 0) is 11.3 Å². The monoisotopic (exact) mass is 349 g/mol. The molecule has 1 aromatic carbocycles. The number of nitrogens with zero attached hydrogens (tertiary/aromatic N) is 2. The third-order valence-electron chi connectivity index (χ3n) is 3.80. The summed E-state index contributed by atoms with van der Waals surface area (Å²) in [6, 6.07) is 6.84. The van der Waals surface area contributed by atoms with Gasteiger partial charge < -0.3 is 9.84 Å². The summed E-state index contributed by atoms with van der Waals surface area (Å²) < 4.78 is 6.56. The van der Waals surface area contributed by atoms with Crippen LogP contribution < -0.4 is 11.2 Å². The van der Waals surface area contributed by atoms with Crippen molar-refractivity contribution in [2.45, 2.75) is 25.5 Å². The molecule has 7 nitrogen and oxygen atoms in total. The molecule has 3 rings (SSSR count). The second-order valence-corrected chi connectivity index (χ2v) is 5.86. The largest absolute Gasteiger partial charge is 0.494 e. The van der Waals surface area contributed by atoms with Crippen molar-refractivity contribution >= 4 is 23.5 Å². The first kappa shape index (κ1) is 16.5. The van der Waals surface area contributed by atoms with Crippen molar-refractivity contribution < 1.29 is 9.84 Å². The SMILES string of the molecule is O=c1[nH]c(=O)n(C[C@@H]2CCCO2)c(O)c1C=Nc1ccccc1Cl. The van der Waals surface area contributed by atoms with E-state index in [-0.39, 0.29) is 18.2 Å². The highest BCUT2D eigenvalue weighted by Gasteiger charge is 2.20. The molecule has 2 heterocycles. The molecule has 0 spiro atoms. The molecule has 1 fully saturated rings. The van der Waals surface area contributed by atoms with Gasteiger partial charge >= 0.3 is 5.69 Å². The van der Waals surface area contributed by atoms with Gasteiger partial charge in [0.15, 0.2) is 0 Å². The van der Waals surface area contributed by atoms with E-state index in [4.69, 9.17) is 16.3 Å². The Morgan fingerprint density at radius 3 is 2.92 bits per heavy atom. The predicted octanol–water partition coefficient (Wildman–Crippen LogP) is 1.83. The Hall–Kier alpha value is -2.38. The minimum Gasteiger partial charge on any atom is -0.494 e. The van der Waals surface area contributed by atoms with E-state index in [9.17, 15) is 14.7 Å². The molecule has 1 aliphatic heterocycles. The number of aromatic amines is 1. The Kier molecular flexibility index (Phi) is 4.82. The lowest BCUT2D eigenvalue weighted by Gasteiger charge is -2.13. The highest BCUT2D eigenvalue weighted by Crippen LogP contribution is 2.24. The number of H-pyrrole nitrogens is 1. The van der Waals surface area contributed by atoms with Gasteiger partial charge in [0.05, 0.1) is 23.4 Å². The van der Waals surface area contributed by atoms with Gasteiger partial charge in [0.2, 0.25) is 5.88 Å². The number of aromatic hydroxyl groups is 1. The second kappa shape index (κ2) is 7.02. The molecule has 1 aliphatic rings. The fourth-order valence-electron chi connectivity index (χ4n) is 2.54. The number of hydrogen-bond donors (Lipinski definition) is 2. The number of para-hydroxylation sites is 1. The van der Waals surface area contributed by atoms with E-state index in [1.807, 2.05) is 0 Å². The van der Waals surface area contributed by atoms with Gasteiger partial charge in [-0.3, -0.25) is 19.3 Å². The van der Waals surface area contributed by atoms with Crippen molar-refractivity contribution in [2.75, 3.05) is 6.61 Å². The molecule has 2 N–H and O–H groups in total. The summed E-state index contributed by atoms with van der Waals surface area (Å²) in [6.45, 7) is 0.804. The van der Waals surface area contributed by atoms with Gasteiger partial charge in [-0.05, 0) is 25.0 Å². The zero-order valence-electron chi connectivity index (χ0n) is 12.7. The van der Waals surface area contributed by atoms with E-state index in [1.165, 1.54) is 6.21 Å². The van der Waals surface area contributed by atoms with Crippen LogP contribution in [0, 0.1) is 0 Å². The Morgan fingerprint density at radius 2 is 2.21 bits per heavy atom. The summed E-state index contributed by atoms with van der Waals surface area (Å²) in [5.74, 6) is -0.435. The molecule has 126 valence electrons. The molecule has 0 amide bonds. The normalized spacial score (nSPS) is 17.6. The van der Waals surface area contributed by atoms with Crippen molar-refractivity contribution in [3.05, 3.63) is 55.7 Å². The van der Waals surface area contributed by atoms with Crippen LogP contribution in [-0.4, -0.2) is 33.6 Å². The third-order valence-corrected chi connectivity index (χ3v) is 4.12. The maximum absolute atomic E-state index is 12.0. The fourth-order valence-corrected chi connectivity index (χ4v) is 2.73. The summed E-state index contributed by atoms with van der Waals surface area (Å²) in [6.07, 6.45) is 2.74. The Labute approximate surface area is 142 Å². The minimum atomic E-state index is -0.711. The smallest absolute Gasteiger partial charge is 0.331 e. The number of halogens is 1. The number of hydrogen-bond acceptors (Lipinski definition) is 5. The van der Waals surface area contributed by atoms with Crippen LogP contribution in [0.5, 0.6) is 5.88 Å². The minimum absolute atomic E-state index is 0.104. The molecule has 1 atom stereocenters. The number of ether oxygens (including phenoxy) is 1. The molecule has 2 aromatic rings. The van der Waals surface area contributed by atoms with Crippen molar-refractivity contribution in [3.8, 4) is 5.88 Å². The Morgan fingerprint density at radius 1 is 1.42 bits per heavy atom. The summed E-state index contributed by atoms with van der Waals surface area (Å²) >= 11 is 6.01. The standard InChI is InChI=1S/C16H16ClN3O4/c17-12-5-1-2-6-13(12)18-8-11-14(21)19-16(23)20(15(11)22)9-10-4-3-7-24-10/h1-2,5-6,8,10,22H,3-4,7,9H2,(H,19,21,23)/t10-/m0/s1. The van der Waals surface area contributed by atoms with Gasteiger partial charge in [0.25, 0.3) is 5.56 Å². The van der Waals surface area contributed by atoms with E-state index >= 15 is 0 Å². The molecule has 0 bridgehead atoms. The van der Waals surface area contributed by atoms with Crippen LogP contribution in [0.1, 0.15) is 18.4 Å². The number of aromatic nitrogens is 2. The van der Waals surface area contributed by atoms with E-state index in [1.54, 1.807) is 24.3 Å². The lowest BCUT2D eigenvalue weighted by atomic mass is 10.2. The van der Waals surface area contributed by atoms with Gasteiger partial charge in [0.1, 0.15) is 5.56 Å². The number of benzene rings is 1. The van der Waals surface area contributed by atoms with Crippen LogP contribution in [0.2, 0.25) is 5.02 Å². The van der Waals surface area contributed by atoms with Crippen LogP contribution in [0.25, 0.3) is 0 Å². The topological polar surface area (TPSA) is 96.7 Å². The fraction of sp³-hybridized carbons (Fsp3) is 0.312. The molecule has 8 heteroatoms. The molecular weight excluding hydrogens is 334 g/mol. The molecule has 1 aromatic heterocycles. The van der Waals surface area contributed by atoms with Crippen LogP contribution in [0.3, 0.4) is 0 Å². The quantitative estimate of drug-likeness (QED) is 0.823. The Bertz CT molecular complexity index is 882. The van der Waals surface area contributed by atoms with Crippen molar-refractivity contribution in [2.24, 2.45) is 4.99 Å². The lowest BCUT2D eigenvalue weighted by Crippen LogP contribution is -2.34. The van der Waals surface area contributed by atoms with Crippen molar-refractivity contribution in [3.63, 3.8) is 0 Å². The first-order chi connectivity index (χ1) is 11.6. The van der Waals surface area contributed by atoms with E-state index in [0.29, 0.717) is 17.3 Å². The first-order valence-corrected chi connectivity index (χ1v) is 7.90. The predicted molar refractivity (Wildman–Crippen MR) is 90.7 cm³/mol. The van der Waals surface area contributed by atoms with Gasteiger partial charge in [-0.25, -0.2) is 4.79 Å². The van der Waals surface area contributed by atoms with E-state index < -0.39 is 17.1 Å². The molecular formula is C16H16ClN3O4. The highest BCUT2D eigenvalue weighted by molar-refractivity contribution is 6.33. The van der Waals surface area contributed by atoms with Crippen LogP contribution >= 0.6 is 11.6 Å². The number of aliphatic imine (C=N–C) groups is 1. The summed E-state index contributed by atoms with van der Waals surface area (Å²) in [4.78, 5) is 30.2. The van der Waals surface area contributed by atoms with Gasteiger partial charge in [0, 0.05) is 12.8 Å². The number of rotatable bonds is 4. The first-order valence-electron chi connectivity index (χ1n) is 7.52. The van der Waals surface area contributed by atoms with E-state index in [0.717, 1.165) is 17.4 Å². The average Bonchev–Trinajstić information content (AvgIpc) is 3.06. The summed E-state index contributed by atoms with van der Waals surface area (Å²) in [5.41, 5.74) is -1.04. The van der Waals surface area contributed by atoms with Gasteiger partial charge in [-0.1, -0.05) is 23.7 Å². The van der Waals surface area contributed by atoms with Gasteiger partial charge in [-0.15, -0.1) is 0 Å². The molecule has 0 unspecified atom stereocenters. The molecule has 0 radical (unpaired) electrons. The highest BCUT2D eigenvalue weighted by atomic mass is 35.5. The second-order valence-electron chi connectivity index (χ2n) is 5.45. The molecule has 0 saturated carbocycles. The zero-order chi connectivity index (χ0) is 17.1. The van der Waals surface area contributed by atoms with Gasteiger partial charge in [-0.2, -0.15) is 0 Å². The van der Waals surface area contributed by atoms with Crippen molar-refractivity contribution in [1.82, 2.24) is 9.55 Å². The molecule has 0 aliphatic carbocycles. The zero-order valence-corrected chi connectivity index (χ0v) is 13.5. The summed E-state index contributed by atoms with van der Waals surface area (Å²) in [7, 11) is 0. The van der Waals surface area contributed by atoms with Crippen LogP contribution in [0.15, 0.2) is 38.8 Å². The molecule has 1 saturated heterocycles. The number of nitrogens with one attached hydrogen (secondary N) is 1. The lowest BCUT2D eigenvalue weighted by molar-refractivity contribution is 0.0934. The maximum Gasteiger partial charge on any atom is 0.331 e. The van der Waals surface area contributed by atoms with Crippen molar-refractivity contribution in [1.29, 1.82) is 0 Å². The maximum atomic E-state index is 12.0. The van der Waals surface area contributed by atoms with Crippen LogP contribution in [0.4, 0.5) is 5.69 Å². The average molecular weight is 350 g/mol. The third kappa shape index (κ3) is 3.42. The summed E-state index contributed by atoms with van der Waals surface area (Å²) in [5, 5.41) is 10.7.